The summed E-state index contributed by atoms with van der Waals surface area (Å²) in [5.41, 5.74) is 14.4. The summed E-state index contributed by atoms with van der Waals surface area (Å²) in [6.07, 6.45) is 2.09. The van der Waals surface area contributed by atoms with Gasteiger partial charge in [0.05, 0.1) is 11.4 Å². The van der Waals surface area contributed by atoms with Crippen molar-refractivity contribution in [1.82, 2.24) is 24.3 Å². The first-order valence-corrected chi connectivity index (χ1v) is 20.5. The van der Waals surface area contributed by atoms with Crippen molar-refractivity contribution in [2.45, 2.75) is 0 Å². The van der Waals surface area contributed by atoms with Gasteiger partial charge in [-0.05, 0) is 80.6 Å². The molecular weight excluding hydrogens is 743 g/mol. The summed E-state index contributed by atoms with van der Waals surface area (Å²) < 4.78 is 2.18. The predicted octanol–water partition coefficient (Wildman–Crippen LogP) is 14.0. The highest BCUT2D eigenvalue weighted by atomic mass is 15.0. The number of nitrogens with zero attached hydrogens (tertiary/aromatic N) is 5. The first-order chi connectivity index (χ1) is 30.2. The predicted molar refractivity (Wildman–Crippen MR) is 250 cm³/mol. The zero-order chi connectivity index (χ0) is 40.5. The molecule has 0 aliphatic heterocycles. The van der Waals surface area contributed by atoms with Crippen molar-refractivity contribution in [3.8, 4) is 90.1 Å². The molecule has 61 heavy (non-hydrogen) atoms. The molecule has 11 rings (SSSR count). The lowest BCUT2D eigenvalue weighted by atomic mass is 9.92. The fourth-order valence-electron chi connectivity index (χ4n) is 8.26. The molecule has 5 heteroatoms. The van der Waals surface area contributed by atoms with E-state index in [0.717, 1.165) is 78.2 Å². The van der Waals surface area contributed by atoms with E-state index in [4.69, 9.17) is 19.9 Å². The van der Waals surface area contributed by atoms with Crippen molar-refractivity contribution < 1.29 is 0 Å². The summed E-state index contributed by atoms with van der Waals surface area (Å²) in [7, 11) is 0. The Morgan fingerprint density at radius 1 is 0.295 bits per heavy atom. The van der Waals surface area contributed by atoms with Crippen LogP contribution in [0.4, 0.5) is 0 Å². The number of benzene rings is 8. The van der Waals surface area contributed by atoms with Crippen molar-refractivity contribution in [3.63, 3.8) is 0 Å². The summed E-state index contributed by atoms with van der Waals surface area (Å²) in [4.78, 5) is 20.7. The molecule has 0 aliphatic carbocycles. The molecule has 0 bridgehead atoms. The van der Waals surface area contributed by atoms with Gasteiger partial charge in [-0.2, -0.15) is 0 Å². The van der Waals surface area contributed by atoms with Crippen LogP contribution >= 0.6 is 0 Å². The molecule has 0 spiro atoms. The summed E-state index contributed by atoms with van der Waals surface area (Å²) >= 11 is 0. The summed E-state index contributed by atoms with van der Waals surface area (Å²) in [5.74, 6) is 1.83. The molecule has 0 saturated heterocycles. The Morgan fingerprint density at radius 3 is 1.54 bits per heavy atom. The van der Waals surface area contributed by atoms with Crippen LogP contribution in [0.1, 0.15) is 0 Å². The van der Waals surface area contributed by atoms with Crippen LogP contribution in [0, 0.1) is 0 Å². The minimum atomic E-state index is 0.599. The molecule has 3 heterocycles. The van der Waals surface area contributed by atoms with Crippen molar-refractivity contribution in [2.75, 3.05) is 0 Å². The first-order valence-electron chi connectivity index (χ1n) is 20.5. The largest absolute Gasteiger partial charge is 0.299 e. The quantitative estimate of drug-likeness (QED) is 0.154. The average molecular weight is 780 g/mol. The van der Waals surface area contributed by atoms with Crippen LogP contribution in [0.5, 0.6) is 0 Å². The molecule has 0 unspecified atom stereocenters. The molecule has 0 atom stereocenters. The lowest BCUT2D eigenvalue weighted by Crippen LogP contribution is -2.00. The van der Waals surface area contributed by atoms with E-state index in [1.165, 1.54) is 10.8 Å². The average Bonchev–Trinajstić information content (AvgIpc) is 3.74. The standard InChI is InChI=1S/C56H37N5/c1-4-16-38(17-5-1)39-29-31-43(32-30-39)55-58-54(42-21-8-3-9-22-42)59-56(60-55)48-36-46(35-47(37-48)50-27-15-23-40-18-10-11-26-49(40)50)44-24-14-25-45(34-44)52-53(41-19-6-2-7-20-41)61-33-13-12-28-51(61)57-52/h1-37H. The van der Waals surface area contributed by atoms with Crippen molar-refractivity contribution in [3.05, 3.63) is 225 Å². The molecule has 0 fully saturated rings. The van der Waals surface area contributed by atoms with E-state index in [0.29, 0.717) is 17.5 Å². The highest BCUT2D eigenvalue weighted by Gasteiger charge is 2.19. The van der Waals surface area contributed by atoms with Crippen LogP contribution in [0.3, 0.4) is 0 Å². The van der Waals surface area contributed by atoms with E-state index in [1.807, 2.05) is 48.5 Å². The highest BCUT2D eigenvalue weighted by Crippen LogP contribution is 2.39. The van der Waals surface area contributed by atoms with Gasteiger partial charge in [0.15, 0.2) is 17.5 Å². The Hall–Kier alpha value is -8.28. The Bertz CT molecular complexity index is 3330. The topological polar surface area (TPSA) is 56.0 Å². The monoisotopic (exact) mass is 779 g/mol. The molecule has 3 aromatic heterocycles. The number of aromatic nitrogens is 5. The minimum absolute atomic E-state index is 0.599. The van der Waals surface area contributed by atoms with E-state index >= 15 is 0 Å². The fraction of sp³-hybridized carbons (Fsp3) is 0. The van der Waals surface area contributed by atoms with Gasteiger partial charge in [0.25, 0.3) is 0 Å². The van der Waals surface area contributed by atoms with Gasteiger partial charge in [-0.25, -0.2) is 19.9 Å². The number of pyridine rings is 1. The second kappa shape index (κ2) is 15.5. The van der Waals surface area contributed by atoms with E-state index < -0.39 is 0 Å². The first kappa shape index (κ1) is 35.8. The van der Waals surface area contributed by atoms with Crippen molar-refractivity contribution in [1.29, 1.82) is 0 Å². The summed E-state index contributed by atoms with van der Waals surface area (Å²) in [5, 5.41) is 2.36. The third-order valence-corrected chi connectivity index (χ3v) is 11.3. The molecule has 11 aromatic rings. The zero-order valence-corrected chi connectivity index (χ0v) is 33.1. The van der Waals surface area contributed by atoms with Crippen LogP contribution in [0.15, 0.2) is 225 Å². The van der Waals surface area contributed by atoms with Gasteiger partial charge in [0.1, 0.15) is 5.65 Å². The summed E-state index contributed by atoms with van der Waals surface area (Å²) in [6, 6.07) is 76.1. The maximum Gasteiger partial charge on any atom is 0.164 e. The third-order valence-electron chi connectivity index (χ3n) is 11.3. The van der Waals surface area contributed by atoms with Crippen molar-refractivity contribution >= 4 is 16.4 Å². The highest BCUT2D eigenvalue weighted by molar-refractivity contribution is 5.98. The SMILES string of the molecule is c1ccc(-c2ccc(-c3nc(-c4ccccc4)nc(-c4cc(-c5cccc(-c6nc7ccccn7c6-c6ccccc6)c5)cc(-c5cccc6ccccc56)c4)n3)cc2)cc1. The van der Waals surface area contributed by atoms with Gasteiger partial charge in [0.2, 0.25) is 0 Å². The van der Waals surface area contributed by atoms with Crippen LogP contribution in [0.25, 0.3) is 106 Å². The Balaban J connectivity index is 1.10. The molecule has 0 aliphatic rings. The molecule has 0 radical (unpaired) electrons. The molecule has 8 aromatic carbocycles. The van der Waals surface area contributed by atoms with E-state index in [-0.39, 0.29) is 0 Å². The molecule has 0 saturated carbocycles. The van der Waals surface area contributed by atoms with E-state index in [9.17, 15) is 0 Å². The summed E-state index contributed by atoms with van der Waals surface area (Å²) in [6.45, 7) is 0. The minimum Gasteiger partial charge on any atom is -0.299 e. The fourth-order valence-corrected chi connectivity index (χ4v) is 8.26. The van der Waals surface area contributed by atoms with Gasteiger partial charge in [-0.3, -0.25) is 4.40 Å². The van der Waals surface area contributed by atoms with Gasteiger partial charge in [0, 0.05) is 34.0 Å². The van der Waals surface area contributed by atoms with Crippen molar-refractivity contribution in [2.24, 2.45) is 0 Å². The van der Waals surface area contributed by atoms with Gasteiger partial charge in [-0.1, -0.05) is 182 Å². The smallest absolute Gasteiger partial charge is 0.164 e. The second-order valence-electron chi connectivity index (χ2n) is 15.1. The molecule has 5 nitrogen and oxygen atoms in total. The maximum atomic E-state index is 5.23. The van der Waals surface area contributed by atoms with Crippen LogP contribution in [0.2, 0.25) is 0 Å². The number of hydrogen-bond donors (Lipinski definition) is 0. The number of hydrogen-bond acceptors (Lipinski definition) is 4. The van der Waals surface area contributed by atoms with Crippen LogP contribution in [-0.2, 0) is 0 Å². The molecule has 0 N–H and O–H groups in total. The van der Waals surface area contributed by atoms with Gasteiger partial charge in [-0.15, -0.1) is 0 Å². The molecule has 0 amide bonds. The lowest BCUT2D eigenvalue weighted by Gasteiger charge is -2.14. The number of rotatable bonds is 8. The van der Waals surface area contributed by atoms with E-state index in [1.54, 1.807) is 0 Å². The zero-order valence-electron chi connectivity index (χ0n) is 33.1. The van der Waals surface area contributed by atoms with E-state index in [2.05, 4.69) is 180 Å². The molecular formula is C56H37N5. The van der Waals surface area contributed by atoms with Gasteiger partial charge >= 0.3 is 0 Å². The Labute approximate surface area is 354 Å². The number of fused-ring (bicyclic) bond motifs is 2. The van der Waals surface area contributed by atoms with Crippen LogP contribution in [-0.4, -0.2) is 24.3 Å². The Morgan fingerprint density at radius 2 is 0.787 bits per heavy atom. The second-order valence-corrected chi connectivity index (χ2v) is 15.1. The lowest BCUT2D eigenvalue weighted by molar-refractivity contribution is 1.07. The third kappa shape index (κ3) is 6.94. The van der Waals surface area contributed by atoms with Crippen LogP contribution < -0.4 is 0 Å². The normalized spacial score (nSPS) is 11.3. The number of imidazole rings is 1. The molecule has 286 valence electrons. The van der Waals surface area contributed by atoms with Gasteiger partial charge < -0.3 is 0 Å². The Kier molecular flexibility index (Phi) is 9.10. The maximum absolute atomic E-state index is 5.23.